The van der Waals surface area contributed by atoms with Crippen LogP contribution in [0.5, 0.6) is 0 Å². The van der Waals surface area contributed by atoms with Gasteiger partial charge in [-0.1, -0.05) is 54.1 Å². The van der Waals surface area contributed by atoms with E-state index in [0.29, 0.717) is 16.4 Å². The summed E-state index contributed by atoms with van der Waals surface area (Å²) in [7, 11) is 0. The summed E-state index contributed by atoms with van der Waals surface area (Å²) in [5.74, 6) is -0.469. The Hall–Kier alpha value is -3.11. The molecule has 0 aromatic heterocycles. The lowest BCUT2D eigenvalue weighted by molar-refractivity contribution is -0.114. The Balaban J connectivity index is 1.74. The van der Waals surface area contributed by atoms with Gasteiger partial charge in [0.15, 0.2) is 0 Å². The lowest BCUT2D eigenvalue weighted by atomic mass is 10.0. The first-order valence-corrected chi connectivity index (χ1v) is 8.45. The van der Waals surface area contributed by atoms with Gasteiger partial charge in [0.2, 0.25) is 11.8 Å². The second-order valence-corrected chi connectivity index (χ2v) is 6.17. The molecule has 3 rings (SSSR count). The molecule has 4 nitrogen and oxygen atoms in total. The predicted molar refractivity (Wildman–Crippen MR) is 107 cm³/mol. The maximum Gasteiger partial charge on any atom is 0.248 e. The summed E-state index contributed by atoms with van der Waals surface area (Å²) in [6.07, 6.45) is 3.25. The number of halogens is 1. The van der Waals surface area contributed by atoms with Gasteiger partial charge in [-0.3, -0.25) is 9.59 Å². The molecular weight excluding hydrogens is 348 g/mol. The Bertz CT molecular complexity index is 1010. The highest BCUT2D eigenvalue weighted by Crippen LogP contribution is 2.26. The van der Waals surface area contributed by atoms with Crippen molar-refractivity contribution in [1.29, 1.82) is 0 Å². The number of hydrogen-bond donors (Lipinski definition) is 2. The summed E-state index contributed by atoms with van der Waals surface area (Å²) < 4.78 is 0. The van der Waals surface area contributed by atoms with Crippen LogP contribution in [0.2, 0.25) is 5.02 Å². The summed E-state index contributed by atoms with van der Waals surface area (Å²) in [4.78, 5) is 23.3. The summed E-state index contributed by atoms with van der Waals surface area (Å²) in [6, 6.07) is 18.9. The number of carbonyl (C=O) groups excluding carboxylic acids is 2. The highest BCUT2D eigenvalue weighted by Gasteiger charge is 2.06. The normalized spacial score (nSPS) is 10.8. The van der Waals surface area contributed by atoms with Crippen LogP contribution in [0.1, 0.15) is 12.5 Å². The van der Waals surface area contributed by atoms with Crippen LogP contribution in [0.25, 0.3) is 16.8 Å². The molecule has 0 saturated heterocycles. The van der Waals surface area contributed by atoms with Crippen LogP contribution in [0.3, 0.4) is 0 Å². The van der Waals surface area contributed by atoms with Gasteiger partial charge in [-0.2, -0.15) is 0 Å². The van der Waals surface area contributed by atoms with Crippen molar-refractivity contribution in [1.82, 2.24) is 0 Å². The molecule has 26 heavy (non-hydrogen) atoms. The third kappa shape index (κ3) is 4.29. The van der Waals surface area contributed by atoms with Gasteiger partial charge < -0.3 is 10.6 Å². The predicted octanol–water partition coefficient (Wildman–Crippen LogP) is 5.10. The van der Waals surface area contributed by atoms with Gasteiger partial charge in [0.25, 0.3) is 0 Å². The Kier molecular flexibility index (Phi) is 5.34. The monoisotopic (exact) mass is 364 g/mol. The zero-order valence-electron chi connectivity index (χ0n) is 14.1. The molecule has 0 radical (unpaired) electrons. The summed E-state index contributed by atoms with van der Waals surface area (Å²) in [5, 5.41) is 7.93. The molecule has 2 N–H and O–H groups in total. The van der Waals surface area contributed by atoms with Gasteiger partial charge in [-0.15, -0.1) is 0 Å². The van der Waals surface area contributed by atoms with Gasteiger partial charge in [0.1, 0.15) is 0 Å². The molecule has 0 saturated carbocycles. The highest BCUT2D eigenvalue weighted by atomic mass is 35.5. The minimum atomic E-state index is -0.285. The summed E-state index contributed by atoms with van der Waals surface area (Å²) >= 11 is 6.16. The quantitative estimate of drug-likeness (QED) is 0.632. The largest absolute Gasteiger partial charge is 0.326 e. The topological polar surface area (TPSA) is 58.2 Å². The molecule has 0 aliphatic heterocycles. The Morgan fingerprint density at radius 2 is 1.73 bits per heavy atom. The molecule has 0 atom stereocenters. The van der Waals surface area contributed by atoms with Crippen LogP contribution < -0.4 is 10.6 Å². The number of rotatable bonds is 4. The van der Waals surface area contributed by atoms with E-state index in [1.54, 1.807) is 24.3 Å². The highest BCUT2D eigenvalue weighted by molar-refractivity contribution is 6.34. The molecule has 0 aliphatic rings. The van der Waals surface area contributed by atoms with E-state index >= 15 is 0 Å². The first kappa shape index (κ1) is 17.7. The van der Waals surface area contributed by atoms with Gasteiger partial charge in [-0.05, 0) is 40.6 Å². The number of benzene rings is 3. The zero-order chi connectivity index (χ0) is 18.5. The van der Waals surface area contributed by atoms with E-state index in [9.17, 15) is 9.59 Å². The Labute approximate surface area is 156 Å². The zero-order valence-corrected chi connectivity index (χ0v) is 14.9. The molecular formula is C21H17ClN2O2. The van der Waals surface area contributed by atoms with Crippen molar-refractivity contribution in [2.24, 2.45) is 0 Å². The van der Waals surface area contributed by atoms with Gasteiger partial charge in [0.05, 0.1) is 10.7 Å². The van der Waals surface area contributed by atoms with Gasteiger partial charge >= 0.3 is 0 Å². The van der Waals surface area contributed by atoms with Crippen molar-refractivity contribution in [2.45, 2.75) is 6.92 Å². The molecule has 0 aliphatic carbocycles. The molecule has 130 valence electrons. The molecule has 0 spiro atoms. The van der Waals surface area contributed by atoms with Crippen LogP contribution in [0.4, 0.5) is 11.4 Å². The van der Waals surface area contributed by atoms with Crippen LogP contribution in [-0.2, 0) is 9.59 Å². The van der Waals surface area contributed by atoms with Crippen LogP contribution in [0, 0.1) is 0 Å². The number of nitrogens with one attached hydrogen (secondary N) is 2. The molecule has 5 heteroatoms. The fraction of sp³-hybridized carbons (Fsp3) is 0.0476. The fourth-order valence-corrected chi connectivity index (χ4v) is 2.86. The third-order valence-electron chi connectivity index (χ3n) is 3.78. The van der Waals surface area contributed by atoms with Crippen molar-refractivity contribution in [2.75, 3.05) is 10.6 Å². The third-order valence-corrected chi connectivity index (χ3v) is 4.10. The van der Waals surface area contributed by atoms with Crippen molar-refractivity contribution >= 4 is 51.6 Å². The van der Waals surface area contributed by atoms with Crippen molar-refractivity contribution in [3.8, 4) is 0 Å². The lowest BCUT2D eigenvalue weighted by Gasteiger charge is -2.08. The maximum atomic E-state index is 12.2. The molecule has 3 aromatic rings. The number of fused-ring (bicyclic) bond motifs is 1. The van der Waals surface area contributed by atoms with E-state index in [4.69, 9.17) is 11.6 Å². The van der Waals surface area contributed by atoms with Crippen molar-refractivity contribution < 1.29 is 9.59 Å². The van der Waals surface area contributed by atoms with E-state index in [1.165, 1.54) is 13.0 Å². The van der Waals surface area contributed by atoms with E-state index in [-0.39, 0.29) is 11.8 Å². The average molecular weight is 365 g/mol. The lowest BCUT2D eigenvalue weighted by Crippen LogP contribution is -2.09. The summed E-state index contributed by atoms with van der Waals surface area (Å²) in [5.41, 5.74) is 2.02. The second kappa shape index (κ2) is 7.85. The Morgan fingerprint density at radius 1 is 0.962 bits per heavy atom. The van der Waals surface area contributed by atoms with Gasteiger partial charge in [-0.25, -0.2) is 0 Å². The van der Waals surface area contributed by atoms with E-state index in [0.717, 1.165) is 16.3 Å². The number of hydrogen-bond acceptors (Lipinski definition) is 2. The molecule has 2 amide bonds. The SMILES string of the molecule is CC(=O)Nc1ccc(NC(=O)/C=C/c2cccc3ccccc23)c(Cl)c1. The van der Waals surface area contributed by atoms with Crippen LogP contribution >= 0.6 is 11.6 Å². The molecule has 0 fully saturated rings. The fourth-order valence-electron chi connectivity index (χ4n) is 2.63. The standard InChI is InChI=1S/C21H17ClN2O2/c1-14(25)23-17-10-11-20(19(22)13-17)24-21(26)12-9-16-7-4-6-15-5-2-3-8-18(15)16/h2-13H,1H3,(H,23,25)(H,24,26)/b12-9+. The van der Waals surface area contributed by atoms with E-state index in [1.807, 2.05) is 42.5 Å². The minimum Gasteiger partial charge on any atom is -0.326 e. The van der Waals surface area contributed by atoms with Crippen LogP contribution in [0.15, 0.2) is 66.7 Å². The van der Waals surface area contributed by atoms with Gasteiger partial charge in [0, 0.05) is 18.7 Å². The average Bonchev–Trinajstić information content (AvgIpc) is 2.62. The molecule has 3 aromatic carbocycles. The van der Waals surface area contributed by atoms with E-state index < -0.39 is 0 Å². The Morgan fingerprint density at radius 3 is 2.50 bits per heavy atom. The first-order valence-electron chi connectivity index (χ1n) is 8.07. The maximum absolute atomic E-state index is 12.2. The minimum absolute atomic E-state index is 0.184. The number of anilines is 2. The molecule has 0 unspecified atom stereocenters. The smallest absolute Gasteiger partial charge is 0.248 e. The first-order chi connectivity index (χ1) is 12.5. The second-order valence-electron chi connectivity index (χ2n) is 5.77. The van der Waals surface area contributed by atoms with Crippen molar-refractivity contribution in [3.05, 3.63) is 77.3 Å². The van der Waals surface area contributed by atoms with Crippen LogP contribution in [-0.4, -0.2) is 11.8 Å². The summed E-state index contributed by atoms with van der Waals surface area (Å²) in [6.45, 7) is 1.42. The molecule has 0 heterocycles. The number of amides is 2. The van der Waals surface area contributed by atoms with E-state index in [2.05, 4.69) is 10.6 Å². The molecule has 0 bridgehead atoms. The van der Waals surface area contributed by atoms with Crippen molar-refractivity contribution in [3.63, 3.8) is 0 Å². The number of carbonyl (C=O) groups is 2.